The number of alkyl halides is 2. The summed E-state index contributed by atoms with van der Waals surface area (Å²) in [5.74, 6) is -1.68. The Morgan fingerprint density at radius 2 is 2.21 bits per heavy atom. The first-order valence-electron chi connectivity index (χ1n) is 8.89. The lowest BCUT2D eigenvalue weighted by molar-refractivity contribution is -0.135. The van der Waals surface area contributed by atoms with Gasteiger partial charge in [0.1, 0.15) is 5.76 Å². The molecule has 1 aromatic heterocycles. The molecule has 1 spiro atoms. The highest BCUT2D eigenvalue weighted by Crippen LogP contribution is 2.50. The van der Waals surface area contributed by atoms with Crippen LogP contribution in [-0.2, 0) is 11.3 Å². The zero-order valence-corrected chi connectivity index (χ0v) is 13.8. The van der Waals surface area contributed by atoms with Gasteiger partial charge >= 0.3 is 0 Å². The molecule has 4 nitrogen and oxygen atoms in total. The van der Waals surface area contributed by atoms with Crippen molar-refractivity contribution in [3.05, 3.63) is 24.2 Å². The van der Waals surface area contributed by atoms with Crippen LogP contribution in [0.2, 0.25) is 0 Å². The second kappa shape index (κ2) is 5.83. The minimum absolute atomic E-state index is 0.00662. The predicted octanol–water partition coefficient (Wildman–Crippen LogP) is 3.19. The van der Waals surface area contributed by atoms with Crippen LogP contribution in [-0.4, -0.2) is 35.9 Å². The van der Waals surface area contributed by atoms with Crippen molar-refractivity contribution in [2.24, 2.45) is 11.3 Å². The highest BCUT2D eigenvalue weighted by molar-refractivity contribution is 5.80. The zero-order chi connectivity index (χ0) is 16.8. The number of hydrogen-bond acceptors (Lipinski definition) is 3. The number of nitrogens with one attached hydrogen (secondary N) is 1. The molecule has 2 aliphatic carbocycles. The largest absolute Gasteiger partial charge is 0.468 e. The first-order valence-corrected chi connectivity index (χ1v) is 8.89. The average molecular weight is 338 g/mol. The Morgan fingerprint density at radius 1 is 1.38 bits per heavy atom. The lowest BCUT2D eigenvalue weighted by Crippen LogP contribution is -2.53. The normalized spacial score (nSPS) is 33.0. The van der Waals surface area contributed by atoms with Crippen LogP contribution in [0.5, 0.6) is 0 Å². The van der Waals surface area contributed by atoms with E-state index < -0.39 is 5.92 Å². The molecule has 2 atom stereocenters. The molecule has 0 aromatic carbocycles. The molecule has 132 valence electrons. The van der Waals surface area contributed by atoms with E-state index in [0.29, 0.717) is 0 Å². The molecular formula is C18H24F2N2O2. The summed E-state index contributed by atoms with van der Waals surface area (Å²) in [5, 5.41) is 2.87. The molecule has 3 aliphatic rings. The van der Waals surface area contributed by atoms with Crippen molar-refractivity contribution in [1.82, 2.24) is 10.2 Å². The van der Waals surface area contributed by atoms with Gasteiger partial charge in [-0.3, -0.25) is 9.69 Å². The van der Waals surface area contributed by atoms with Gasteiger partial charge in [0.2, 0.25) is 5.91 Å². The van der Waals surface area contributed by atoms with Gasteiger partial charge in [0.25, 0.3) is 5.92 Å². The first-order chi connectivity index (χ1) is 11.5. The summed E-state index contributed by atoms with van der Waals surface area (Å²) in [5.41, 5.74) is 0.0168. The summed E-state index contributed by atoms with van der Waals surface area (Å²) in [7, 11) is 0. The molecule has 0 radical (unpaired) electrons. The lowest BCUT2D eigenvalue weighted by atomic mass is 9.76. The van der Waals surface area contributed by atoms with E-state index in [1.54, 1.807) is 6.26 Å². The van der Waals surface area contributed by atoms with Crippen molar-refractivity contribution < 1.29 is 18.0 Å². The summed E-state index contributed by atoms with van der Waals surface area (Å²) in [6.07, 6.45) is 5.26. The highest BCUT2D eigenvalue weighted by Gasteiger charge is 2.52. The van der Waals surface area contributed by atoms with E-state index in [9.17, 15) is 13.6 Å². The van der Waals surface area contributed by atoms with Crippen molar-refractivity contribution >= 4 is 5.91 Å². The molecule has 1 N–H and O–H groups in total. The van der Waals surface area contributed by atoms with Crippen LogP contribution in [0.3, 0.4) is 0 Å². The van der Waals surface area contributed by atoms with E-state index in [0.717, 1.165) is 51.1 Å². The van der Waals surface area contributed by atoms with Gasteiger partial charge in [-0.25, -0.2) is 8.78 Å². The Labute approximate surface area is 140 Å². The molecule has 1 saturated heterocycles. The summed E-state index contributed by atoms with van der Waals surface area (Å²) in [6.45, 7) is 2.64. The molecule has 1 aromatic rings. The van der Waals surface area contributed by atoms with E-state index in [2.05, 4.69) is 10.2 Å². The fourth-order valence-electron chi connectivity index (χ4n) is 4.84. The number of hydrogen-bond donors (Lipinski definition) is 1. The number of nitrogens with zero attached hydrogens (tertiary/aromatic N) is 1. The van der Waals surface area contributed by atoms with Gasteiger partial charge in [0.05, 0.1) is 12.8 Å². The van der Waals surface area contributed by atoms with Crippen molar-refractivity contribution in [2.75, 3.05) is 13.1 Å². The van der Waals surface area contributed by atoms with Crippen LogP contribution in [0.4, 0.5) is 8.78 Å². The van der Waals surface area contributed by atoms with Crippen LogP contribution in [0.1, 0.15) is 44.3 Å². The number of carbonyl (C=O) groups is 1. The molecule has 24 heavy (non-hydrogen) atoms. The van der Waals surface area contributed by atoms with E-state index in [-0.39, 0.29) is 36.1 Å². The Balaban J connectivity index is 1.37. The quantitative estimate of drug-likeness (QED) is 0.917. The summed E-state index contributed by atoms with van der Waals surface area (Å²) in [6, 6.07) is 3.52. The van der Waals surface area contributed by atoms with Crippen molar-refractivity contribution in [2.45, 2.75) is 57.0 Å². The van der Waals surface area contributed by atoms with Crippen molar-refractivity contribution in [1.29, 1.82) is 0 Å². The minimum Gasteiger partial charge on any atom is -0.468 e. The molecule has 3 fully saturated rings. The fourth-order valence-corrected chi connectivity index (χ4v) is 4.84. The summed E-state index contributed by atoms with van der Waals surface area (Å²) < 4.78 is 31.4. The topological polar surface area (TPSA) is 45.5 Å². The first kappa shape index (κ1) is 16.1. The molecular weight excluding hydrogens is 314 g/mol. The monoisotopic (exact) mass is 338 g/mol. The van der Waals surface area contributed by atoms with Crippen LogP contribution >= 0.6 is 0 Å². The van der Waals surface area contributed by atoms with Gasteiger partial charge in [-0.05, 0) is 43.4 Å². The third-order valence-corrected chi connectivity index (χ3v) is 6.08. The van der Waals surface area contributed by atoms with Crippen molar-refractivity contribution in [3.8, 4) is 0 Å². The standard InChI is InChI=1S/C18H24F2N2O2/c19-18(20)9-13(10-18)21-16(23)15-4-1-5-17(15)6-7-22(12-17)11-14-3-2-8-24-14/h2-3,8,13,15H,1,4-7,9-12H2,(H,21,23)/t15-,17-/m1/s1. The lowest BCUT2D eigenvalue weighted by Gasteiger charge is -2.38. The number of amides is 1. The van der Waals surface area contributed by atoms with Crippen LogP contribution < -0.4 is 5.32 Å². The number of furan rings is 1. The summed E-state index contributed by atoms with van der Waals surface area (Å²) in [4.78, 5) is 15.0. The van der Waals surface area contributed by atoms with Crippen molar-refractivity contribution in [3.63, 3.8) is 0 Å². The third kappa shape index (κ3) is 2.96. The second-order valence-corrected chi connectivity index (χ2v) is 7.82. The highest BCUT2D eigenvalue weighted by atomic mass is 19.3. The Hall–Kier alpha value is -1.43. The SMILES string of the molecule is O=C(NC1CC(F)(F)C1)[C@H]1CCC[C@]12CCN(Cc1ccco1)C2. The maximum absolute atomic E-state index is 13.0. The molecule has 1 aliphatic heterocycles. The average Bonchev–Trinajstić information content (AvgIpc) is 3.20. The van der Waals surface area contributed by atoms with Gasteiger partial charge < -0.3 is 9.73 Å². The number of halogens is 2. The maximum Gasteiger partial charge on any atom is 0.252 e. The number of carbonyl (C=O) groups excluding carboxylic acids is 1. The van der Waals surface area contributed by atoms with Gasteiger partial charge in [0.15, 0.2) is 0 Å². The van der Waals surface area contributed by atoms with Gasteiger partial charge in [-0.1, -0.05) is 6.42 Å². The van der Waals surface area contributed by atoms with E-state index >= 15 is 0 Å². The molecule has 0 unspecified atom stereocenters. The van der Waals surface area contributed by atoms with Gasteiger partial charge in [-0.15, -0.1) is 0 Å². The minimum atomic E-state index is -2.58. The molecule has 0 bridgehead atoms. The van der Waals surface area contributed by atoms with Crippen LogP contribution in [0, 0.1) is 11.3 Å². The van der Waals surface area contributed by atoms with Crippen LogP contribution in [0.15, 0.2) is 22.8 Å². The maximum atomic E-state index is 13.0. The van der Waals surface area contributed by atoms with Crippen LogP contribution in [0.25, 0.3) is 0 Å². The number of rotatable bonds is 4. The van der Waals surface area contributed by atoms with E-state index in [1.807, 2.05) is 12.1 Å². The second-order valence-electron chi connectivity index (χ2n) is 7.82. The summed E-state index contributed by atoms with van der Waals surface area (Å²) >= 11 is 0. The Bertz CT molecular complexity index is 596. The molecule has 4 rings (SSSR count). The smallest absolute Gasteiger partial charge is 0.252 e. The zero-order valence-electron chi connectivity index (χ0n) is 13.8. The molecule has 2 heterocycles. The third-order valence-electron chi connectivity index (χ3n) is 6.08. The molecule has 1 amide bonds. The van der Waals surface area contributed by atoms with E-state index in [4.69, 9.17) is 4.42 Å². The molecule has 6 heteroatoms. The fraction of sp³-hybridized carbons (Fsp3) is 0.722. The molecule has 2 saturated carbocycles. The van der Waals surface area contributed by atoms with Gasteiger partial charge in [0, 0.05) is 31.3 Å². The van der Waals surface area contributed by atoms with Gasteiger partial charge in [-0.2, -0.15) is 0 Å². The number of likely N-dealkylation sites (tertiary alicyclic amines) is 1. The predicted molar refractivity (Wildman–Crippen MR) is 84.5 cm³/mol. The Morgan fingerprint density at radius 3 is 2.92 bits per heavy atom. The van der Waals surface area contributed by atoms with E-state index in [1.165, 1.54) is 0 Å². The Kier molecular flexibility index (Phi) is 3.90.